The molecule has 0 fully saturated rings. The summed E-state index contributed by atoms with van der Waals surface area (Å²) < 4.78 is 26.6. The molecule has 6 nitrogen and oxygen atoms in total. The maximum atomic E-state index is 13.3. The number of thiazole rings is 1. The third kappa shape index (κ3) is 4.35. The Morgan fingerprint density at radius 1 is 0.744 bits per heavy atom. The van der Waals surface area contributed by atoms with Gasteiger partial charge in [0.15, 0.2) is 10.9 Å². The van der Waals surface area contributed by atoms with E-state index in [0.29, 0.717) is 26.2 Å². The van der Waals surface area contributed by atoms with Crippen LogP contribution in [0, 0.1) is 0 Å². The number of hydrogen-bond acceptors (Lipinski definition) is 6. The molecule has 192 valence electrons. The van der Waals surface area contributed by atoms with Gasteiger partial charge in [-0.2, -0.15) is 0 Å². The molecule has 0 saturated carbocycles. The maximum Gasteiger partial charge on any atom is 0.257 e. The molecule has 1 aliphatic heterocycles. The lowest BCUT2D eigenvalue weighted by Gasteiger charge is -2.19. The van der Waals surface area contributed by atoms with E-state index in [4.69, 9.17) is 23.2 Å². The van der Waals surface area contributed by atoms with E-state index >= 15 is 0 Å². The number of nitrogens with zero attached hydrogens (tertiary/aromatic N) is 1. The van der Waals surface area contributed by atoms with E-state index in [1.165, 1.54) is 41.7 Å². The lowest BCUT2D eigenvalue weighted by Crippen LogP contribution is -2.21. The van der Waals surface area contributed by atoms with Crippen molar-refractivity contribution in [3.63, 3.8) is 0 Å². The topological polar surface area (TPSA) is 93.2 Å². The fourth-order valence-corrected chi connectivity index (χ4v) is 7.64. The van der Waals surface area contributed by atoms with Crippen LogP contribution in [0.15, 0.2) is 101 Å². The first kappa shape index (κ1) is 25.5. The summed E-state index contributed by atoms with van der Waals surface area (Å²) in [4.78, 5) is 31.3. The number of nitrogens with one attached hydrogen (secondary N) is 1. The van der Waals surface area contributed by atoms with Crippen molar-refractivity contribution in [1.29, 1.82) is 0 Å². The van der Waals surface area contributed by atoms with Crippen LogP contribution in [-0.4, -0.2) is 25.1 Å². The Morgan fingerprint density at radius 3 is 2.03 bits per heavy atom. The molecule has 6 rings (SSSR count). The van der Waals surface area contributed by atoms with Gasteiger partial charge in [0.25, 0.3) is 5.91 Å². The number of carbonyl (C=O) groups is 2. The van der Waals surface area contributed by atoms with Crippen LogP contribution in [0.25, 0.3) is 21.7 Å². The Balaban J connectivity index is 1.40. The number of aromatic nitrogens is 1. The summed E-state index contributed by atoms with van der Waals surface area (Å²) >= 11 is 14.2. The standard InChI is InChI=1S/C29H16Cl2N2O4S2/c30-21-10-4-1-7-17(21)25-27(18-8-2-5-11-22(18)31)38-29(32-25)33-28(35)16-13-14-20-24(15-16)39(36,37)23-12-6-3-9-19(23)26(20)34/h1-15H,(H,32,33,35). The normalized spacial score (nSPS) is 13.4. The molecule has 0 saturated heterocycles. The van der Waals surface area contributed by atoms with E-state index in [0.717, 1.165) is 5.56 Å². The van der Waals surface area contributed by atoms with Crippen LogP contribution in [0.4, 0.5) is 5.13 Å². The number of amides is 1. The zero-order valence-corrected chi connectivity index (χ0v) is 23.0. The molecule has 1 amide bonds. The number of sulfone groups is 1. The molecule has 2 heterocycles. The van der Waals surface area contributed by atoms with Crippen LogP contribution in [-0.2, 0) is 9.84 Å². The molecule has 1 N–H and O–H groups in total. The minimum absolute atomic E-state index is 0.0292. The summed E-state index contributed by atoms with van der Waals surface area (Å²) in [7, 11) is -3.99. The average Bonchev–Trinajstić information content (AvgIpc) is 3.35. The highest BCUT2D eigenvalue weighted by molar-refractivity contribution is 7.91. The number of rotatable bonds is 4. The molecule has 0 radical (unpaired) electrons. The minimum atomic E-state index is -3.99. The van der Waals surface area contributed by atoms with Crippen molar-refractivity contribution in [3.8, 4) is 21.7 Å². The lowest BCUT2D eigenvalue weighted by molar-refractivity contribution is 0.101. The van der Waals surface area contributed by atoms with Gasteiger partial charge in [0.1, 0.15) is 0 Å². The highest BCUT2D eigenvalue weighted by Gasteiger charge is 2.35. The summed E-state index contributed by atoms with van der Waals surface area (Å²) in [6.07, 6.45) is 0. The molecule has 0 unspecified atom stereocenters. The zero-order chi connectivity index (χ0) is 27.3. The average molecular weight is 591 g/mol. The summed E-state index contributed by atoms with van der Waals surface area (Å²) in [5.41, 5.74) is 2.15. The first-order valence-corrected chi connectivity index (χ1v) is 14.7. The molecular formula is C29H16Cl2N2O4S2. The molecule has 0 atom stereocenters. The van der Waals surface area contributed by atoms with Gasteiger partial charge >= 0.3 is 0 Å². The van der Waals surface area contributed by atoms with E-state index in [1.807, 2.05) is 36.4 Å². The number of anilines is 1. The van der Waals surface area contributed by atoms with Crippen molar-refractivity contribution >= 4 is 61.2 Å². The van der Waals surface area contributed by atoms with Gasteiger partial charge in [-0.3, -0.25) is 14.9 Å². The number of halogens is 2. The van der Waals surface area contributed by atoms with E-state index in [2.05, 4.69) is 10.3 Å². The largest absolute Gasteiger partial charge is 0.298 e. The molecule has 39 heavy (non-hydrogen) atoms. The molecule has 10 heteroatoms. The van der Waals surface area contributed by atoms with Gasteiger partial charge in [-0.05, 0) is 42.5 Å². The van der Waals surface area contributed by atoms with Crippen LogP contribution in [0.5, 0.6) is 0 Å². The first-order valence-electron chi connectivity index (χ1n) is 11.6. The highest BCUT2D eigenvalue weighted by atomic mass is 35.5. The lowest BCUT2D eigenvalue weighted by atomic mass is 10.0. The smallest absolute Gasteiger partial charge is 0.257 e. The molecule has 1 aliphatic rings. The predicted octanol–water partition coefficient (Wildman–Crippen LogP) is 7.41. The van der Waals surface area contributed by atoms with Gasteiger partial charge in [0.2, 0.25) is 9.84 Å². The van der Waals surface area contributed by atoms with Gasteiger partial charge < -0.3 is 0 Å². The number of benzene rings is 4. The SMILES string of the molecule is O=C(Nc1nc(-c2ccccc2Cl)c(-c2ccccc2Cl)s1)c1ccc2c(c1)S(=O)(=O)c1ccccc1C2=O. The molecule has 0 aliphatic carbocycles. The van der Waals surface area contributed by atoms with Crippen LogP contribution >= 0.6 is 34.5 Å². The van der Waals surface area contributed by atoms with Gasteiger partial charge in [-0.15, -0.1) is 0 Å². The summed E-state index contributed by atoms with van der Waals surface area (Å²) in [5.74, 6) is -0.986. The second-order valence-electron chi connectivity index (χ2n) is 8.65. The second-order valence-corrected chi connectivity index (χ2v) is 12.4. The van der Waals surface area contributed by atoms with Gasteiger partial charge in [-0.25, -0.2) is 13.4 Å². The van der Waals surface area contributed by atoms with Crippen molar-refractivity contribution in [3.05, 3.63) is 118 Å². The van der Waals surface area contributed by atoms with Crippen LogP contribution in [0.1, 0.15) is 26.3 Å². The molecule has 5 aromatic rings. The molecular weight excluding hydrogens is 575 g/mol. The Hall–Kier alpha value is -3.82. The highest BCUT2D eigenvalue weighted by Crippen LogP contribution is 2.43. The van der Waals surface area contributed by atoms with Crippen LogP contribution in [0.3, 0.4) is 0 Å². The maximum absolute atomic E-state index is 13.3. The molecule has 4 aromatic carbocycles. The summed E-state index contributed by atoms with van der Waals surface area (Å²) in [5, 5.41) is 4.03. The number of hydrogen-bond donors (Lipinski definition) is 1. The van der Waals surface area contributed by atoms with Crippen molar-refractivity contribution in [2.75, 3.05) is 5.32 Å². The van der Waals surface area contributed by atoms with Crippen molar-refractivity contribution in [2.24, 2.45) is 0 Å². The van der Waals surface area contributed by atoms with E-state index in [9.17, 15) is 18.0 Å². The Labute approximate surface area is 237 Å². The summed E-state index contributed by atoms with van der Waals surface area (Å²) in [6.45, 7) is 0. The van der Waals surface area contributed by atoms with Crippen LogP contribution < -0.4 is 5.32 Å². The minimum Gasteiger partial charge on any atom is -0.298 e. The predicted molar refractivity (Wildman–Crippen MR) is 153 cm³/mol. The van der Waals surface area contributed by atoms with Crippen molar-refractivity contribution in [2.45, 2.75) is 9.79 Å². The van der Waals surface area contributed by atoms with E-state index in [1.54, 1.807) is 24.3 Å². The number of ketones is 1. The van der Waals surface area contributed by atoms with Crippen molar-refractivity contribution in [1.82, 2.24) is 4.98 Å². The second kappa shape index (κ2) is 9.73. The third-order valence-electron chi connectivity index (χ3n) is 6.29. The van der Waals surface area contributed by atoms with Gasteiger partial charge in [0.05, 0.1) is 25.4 Å². The molecule has 0 spiro atoms. The van der Waals surface area contributed by atoms with Gasteiger partial charge in [0, 0.05) is 32.8 Å². The fraction of sp³-hybridized carbons (Fsp3) is 0. The fourth-order valence-electron chi connectivity index (χ4n) is 4.43. The van der Waals surface area contributed by atoms with Crippen LogP contribution in [0.2, 0.25) is 10.0 Å². The molecule has 1 aromatic heterocycles. The number of carbonyl (C=O) groups excluding carboxylic acids is 2. The first-order chi connectivity index (χ1) is 18.8. The Bertz CT molecular complexity index is 1870. The molecule has 0 bridgehead atoms. The monoisotopic (exact) mass is 590 g/mol. The van der Waals surface area contributed by atoms with Gasteiger partial charge in [-0.1, -0.05) is 83.1 Å². The third-order valence-corrected chi connectivity index (χ3v) is 9.81. The van der Waals surface area contributed by atoms with Crippen molar-refractivity contribution < 1.29 is 18.0 Å². The van der Waals surface area contributed by atoms with E-state index in [-0.39, 0.29) is 31.6 Å². The Kier molecular flexibility index (Phi) is 6.35. The number of fused-ring (bicyclic) bond motifs is 2. The Morgan fingerprint density at radius 2 is 1.33 bits per heavy atom. The zero-order valence-electron chi connectivity index (χ0n) is 19.8. The quantitative estimate of drug-likeness (QED) is 0.230. The summed E-state index contributed by atoms with van der Waals surface area (Å²) in [6, 6.07) is 24.6. The van der Waals surface area contributed by atoms with E-state index < -0.39 is 21.5 Å².